The first kappa shape index (κ1) is 16.0. The Kier molecular flexibility index (Phi) is 4.87. The van der Waals surface area contributed by atoms with Crippen molar-refractivity contribution < 1.29 is 9.53 Å². The second-order valence-corrected chi connectivity index (χ2v) is 7.03. The van der Waals surface area contributed by atoms with E-state index in [1.165, 1.54) is 6.33 Å². The van der Waals surface area contributed by atoms with Gasteiger partial charge in [0.25, 0.3) is 0 Å². The minimum atomic E-state index is -0.0572. The van der Waals surface area contributed by atoms with Crippen molar-refractivity contribution >= 4 is 51.2 Å². The number of ether oxygens (including phenoxy) is 1. The van der Waals surface area contributed by atoms with Gasteiger partial charge in [0.2, 0.25) is 0 Å². The molecule has 22 heavy (non-hydrogen) atoms. The van der Waals surface area contributed by atoms with Crippen LogP contribution in [0.3, 0.4) is 0 Å². The highest BCUT2D eigenvalue weighted by atomic mass is 127. The summed E-state index contributed by atoms with van der Waals surface area (Å²) < 4.78 is 8.37. The maximum Gasteiger partial charge on any atom is 0.308 e. The number of rotatable bonds is 3. The van der Waals surface area contributed by atoms with E-state index in [0.717, 1.165) is 40.3 Å². The lowest BCUT2D eigenvalue weighted by molar-refractivity contribution is -0.149. The zero-order valence-electron chi connectivity index (χ0n) is 12.3. The Labute approximate surface area is 147 Å². The quantitative estimate of drug-likeness (QED) is 0.417. The molecule has 1 fully saturated rings. The van der Waals surface area contributed by atoms with Crippen molar-refractivity contribution in [3.05, 3.63) is 21.2 Å². The third-order valence-electron chi connectivity index (χ3n) is 4.23. The van der Waals surface area contributed by atoms with Crippen molar-refractivity contribution in [2.45, 2.75) is 38.6 Å². The lowest BCUT2D eigenvalue weighted by atomic mass is 9.86. The summed E-state index contributed by atoms with van der Waals surface area (Å²) >= 11 is 8.45. The van der Waals surface area contributed by atoms with Crippen molar-refractivity contribution in [2.24, 2.45) is 5.92 Å². The predicted octanol–water partition coefficient (Wildman–Crippen LogP) is 3.98. The van der Waals surface area contributed by atoms with Gasteiger partial charge >= 0.3 is 5.97 Å². The number of nitrogens with zero attached hydrogens (tertiary/aromatic N) is 3. The number of fused-ring (bicyclic) bond motifs is 1. The number of esters is 1. The Balaban J connectivity index is 1.80. The highest BCUT2D eigenvalue weighted by Crippen LogP contribution is 2.37. The van der Waals surface area contributed by atoms with E-state index in [0.29, 0.717) is 17.8 Å². The first-order valence-electron chi connectivity index (χ1n) is 7.45. The van der Waals surface area contributed by atoms with Crippen LogP contribution in [0.4, 0.5) is 0 Å². The van der Waals surface area contributed by atoms with Crippen LogP contribution >= 0.6 is 34.2 Å². The van der Waals surface area contributed by atoms with Gasteiger partial charge in [-0.15, -0.1) is 0 Å². The zero-order valence-corrected chi connectivity index (χ0v) is 15.2. The number of halogens is 2. The van der Waals surface area contributed by atoms with Crippen LogP contribution in [0.1, 0.15) is 38.6 Å². The third-order valence-corrected chi connectivity index (χ3v) is 5.33. The van der Waals surface area contributed by atoms with Crippen molar-refractivity contribution in [1.29, 1.82) is 0 Å². The molecule has 1 aliphatic carbocycles. The van der Waals surface area contributed by atoms with Crippen LogP contribution < -0.4 is 0 Å². The molecule has 0 unspecified atom stereocenters. The van der Waals surface area contributed by atoms with Gasteiger partial charge in [0, 0.05) is 15.8 Å². The summed E-state index contributed by atoms with van der Waals surface area (Å²) in [6.45, 7) is 2.30. The van der Waals surface area contributed by atoms with Crippen LogP contribution in [0.2, 0.25) is 5.15 Å². The molecule has 2 heterocycles. The summed E-state index contributed by atoms with van der Waals surface area (Å²) in [5.74, 6) is -0.0198. The minimum Gasteiger partial charge on any atom is -0.466 e. The largest absolute Gasteiger partial charge is 0.466 e. The molecule has 2 aromatic rings. The van der Waals surface area contributed by atoms with Crippen LogP contribution in [-0.2, 0) is 9.53 Å². The maximum atomic E-state index is 11.8. The SMILES string of the molecule is CCOC(=O)C1CCC(n2cc(I)c3c(Cl)ncnc32)CC1. The van der Waals surface area contributed by atoms with E-state index < -0.39 is 0 Å². The van der Waals surface area contributed by atoms with Gasteiger partial charge in [0.1, 0.15) is 17.1 Å². The van der Waals surface area contributed by atoms with Crippen molar-refractivity contribution in [3.63, 3.8) is 0 Å². The van der Waals surface area contributed by atoms with Gasteiger partial charge < -0.3 is 9.30 Å². The Hall–Kier alpha value is -0.890. The van der Waals surface area contributed by atoms with Gasteiger partial charge in [-0.1, -0.05) is 11.6 Å². The highest BCUT2D eigenvalue weighted by molar-refractivity contribution is 14.1. The molecular weight excluding hydrogens is 417 g/mol. The summed E-state index contributed by atoms with van der Waals surface area (Å²) in [4.78, 5) is 20.3. The smallest absolute Gasteiger partial charge is 0.308 e. The Bertz CT molecular complexity index is 695. The van der Waals surface area contributed by atoms with Gasteiger partial charge in [0.15, 0.2) is 0 Å². The highest BCUT2D eigenvalue weighted by Gasteiger charge is 2.29. The van der Waals surface area contributed by atoms with Gasteiger partial charge in [-0.25, -0.2) is 9.97 Å². The molecule has 1 saturated carbocycles. The molecule has 5 nitrogen and oxygen atoms in total. The minimum absolute atomic E-state index is 0.0373. The average Bonchev–Trinajstić information content (AvgIpc) is 2.86. The van der Waals surface area contributed by atoms with Gasteiger partial charge in [-0.2, -0.15) is 0 Å². The van der Waals surface area contributed by atoms with E-state index in [9.17, 15) is 4.79 Å². The van der Waals surface area contributed by atoms with E-state index in [1.807, 2.05) is 6.92 Å². The molecule has 1 aliphatic rings. The number of hydrogen-bond donors (Lipinski definition) is 0. The topological polar surface area (TPSA) is 57.0 Å². The van der Waals surface area contributed by atoms with Crippen LogP contribution in [-0.4, -0.2) is 27.1 Å². The van der Waals surface area contributed by atoms with Crippen molar-refractivity contribution in [3.8, 4) is 0 Å². The third kappa shape index (κ3) is 2.95. The van der Waals surface area contributed by atoms with Crippen LogP contribution in [0, 0.1) is 9.49 Å². The Morgan fingerprint density at radius 2 is 2.14 bits per heavy atom. The zero-order chi connectivity index (χ0) is 15.7. The lowest BCUT2D eigenvalue weighted by Crippen LogP contribution is -2.25. The molecule has 3 rings (SSSR count). The fraction of sp³-hybridized carbons (Fsp3) is 0.533. The van der Waals surface area contributed by atoms with Gasteiger partial charge in [0.05, 0.1) is 17.9 Å². The van der Waals surface area contributed by atoms with Crippen LogP contribution in [0.15, 0.2) is 12.5 Å². The number of hydrogen-bond acceptors (Lipinski definition) is 4. The van der Waals surface area contributed by atoms with Crippen LogP contribution in [0.5, 0.6) is 0 Å². The summed E-state index contributed by atoms with van der Waals surface area (Å²) in [5.41, 5.74) is 0.879. The molecule has 0 radical (unpaired) electrons. The number of aromatic nitrogens is 3. The van der Waals surface area contributed by atoms with E-state index in [4.69, 9.17) is 16.3 Å². The first-order chi connectivity index (χ1) is 10.6. The molecule has 118 valence electrons. The molecule has 0 aliphatic heterocycles. The molecule has 0 aromatic carbocycles. The number of carbonyl (C=O) groups is 1. The molecular formula is C15H17ClIN3O2. The monoisotopic (exact) mass is 433 g/mol. The average molecular weight is 434 g/mol. The van der Waals surface area contributed by atoms with E-state index in [2.05, 4.69) is 43.3 Å². The first-order valence-corrected chi connectivity index (χ1v) is 8.90. The van der Waals surface area contributed by atoms with Gasteiger partial charge in [-0.3, -0.25) is 4.79 Å². The van der Waals surface area contributed by atoms with E-state index >= 15 is 0 Å². The second-order valence-electron chi connectivity index (χ2n) is 5.50. The predicted molar refractivity (Wildman–Crippen MR) is 92.9 cm³/mol. The summed E-state index contributed by atoms with van der Waals surface area (Å²) in [5, 5.41) is 1.41. The number of carbonyl (C=O) groups excluding carboxylic acids is 1. The van der Waals surface area contributed by atoms with Crippen LogP contribution in [0.25, 0.3) is 11.0 Å². The molecule has 0 atom stereocenters. The van der Waals surface area contributed by atoms with E-state index in [1.54, 1.807) is 0 Å². The fourth-order valence-corrected chi connectivity index (χ4v) is 4.32. The molecule has 2 aromatic heterocycles. The molecule has 0 amide bonds. The second kappa shape index (κ2) is 6.70. The summed E-state index contributed by atoms with van der Waals surface area (Å²) in [7, 11) is 0. The lowest BCUT2D eigenvalue weighted by Gasteiger charge is -2.28. The molecule has 0 saturated heterocycles. The Morgan fingerprint density at radius 3 is 2.82 bits per heavy atom. The van der Waals surface area contributed by atoms with Crippen molar-refractivity contribution in [2.75, 3.05) is 6.61 Å². The maximum absolute atomic E-state index is 11.8. The van der Waals surface area contributed by atoms with Gasteiger partial charge in [-0.05, 0) is 55.2 Å². The molecule has 7 heteroatoms. The normalized spacial score (nSPS) is 22.0. The standard InChI is InChI=1S/C15H17ClIN3O2/c1-2-22-15(21)9-3-5-10(6-4-9)20-7-11(17)12-13(16)18-8-19-14(12)20/h7-10H,2-6H2,1H3. The van der Waals surface area contributed by atoms with Crippen molar-refractivity contribution in [1.82, 2.24) is 14.5 Å². The van der Waals surface area contributed by atoms with E-state index in [-0.39, 0.29) is 11.9 Å². The summed E-state index contributed by atoms with van der Waals surface area (Å²) in [6, 6.07) is 0.350. The summed E-state index contributed by atoms with van der Waals surface area (Å²) in [6.07, 6.45) is 7.20. The Morgan fingerprint density at radius 1 is 1.41 bits per heavy atom. The molecule has 0 bridgehead atoms. The fourth-order valence-electron chi connectivity index (χ4n) is 3.13. The molecule has 0 N–H and O–H groups in total. The molecule has 0 spiro atoms.